The van der Waals surface area contributed by atoms with E-state index in [4.69, 9.17) is 9.05 Å². The van der Waals surface area contributed by atoms with Gasteiger partial charge in [0, 0.05) is 27.3 Å². The van der Waals surface area contributed by atoms with Gasteiger partial charge in [0.05, 0.1) is 0 Å². The Balaban J connectivity index is 2.34. The molecule has 0 amide bonds. The molecule has 0 saturated carbocycles. The minimum absolute atomic E-state index is 0.421. The molecule has 0 bridgehead atoms. The molecule has 72 valence electrons. The number of rotatable bonds is 4. The molecule has 0 aliphatic carbocycles. The van der Waals surface area contributed by atoms with Crippen molar-refractivity contribution in [3.8, 4) is 0 Å². The number of hydrogen-bond acceptors (Lipinski definition) is 4. The highest BCUT2D eigenvalue weighted by atomic mass is 31.2. The van der Waals surface area contributed by atoms with Gasteiger partial charge in [-0.25, -0.2) is 0 Å². The van der Waals surface area contributed by atoms with Crippen LogP contribution in [0.4, 0.5) is 0 Å². The van der Waals surface area contributed by atoms with E-state index in [0.717, 1.165) is 13.1 Å². The van der Waals surface area contributed by atoms with Gasteiger partial charge in [-0.05, 0) is 5.92 Å². The second-order valence-electron chi connectivity index (χ2n) is 3.26. The molecule has 1 heterocycles. The first-order valence-corrected chi connectivity index (χ1v) is 5.75. The van der Waals surface area contributed by atoms with Crippen molar-refractivity contribution in [3.63, 3.8) is 0 Å². The third-order valence-corrected chi connectivity index (χ3v) is 3.93. The molecule has 0 aromatic carbocycles. The van der Waals surface area contributed by atoms with Crippen LogP contribution in [0.2, 0.25) is 0 Å². The molecule has 1 aliphatic heterocycles. The van der Waals surface area contributed by atoms with Crippen LogP contribution in [0.1, 0.15) is 6.92 Å². The van der Waals surface area contributed by atoms with Crippen molar-refractivity contribution < 1.29 is 13.6 Å². The van der Waals surface area contributed by atoms with Crippen LogP contribution in [0.15, 0.2) is 0 Å². The zero-order chi connectivity index (χ0) is 9.19. The largest absolute Gasteiger partial charge is 0.344 e. The standard InChI is InChI=1S/C7H16NO3P/c1-7-4-8(5-7)6-12(9,10-2)11-3/h7H,4-6H2,1-3H3. The van der Waals surface area contributed by atoms with Crippen LogP contribution in [0.3, 0.4) is 0 Å². The normalized spacial score (nSPS) is 20.9. The van der Waals surface area contributed by atoms with Gasteiger partial charge < -0.3 is 9.05 Å². The topological polar surface area (TPSA) is 38.8 Å². The van der Waals surface area contributed by atoms with Gasteiger partial charge in [0.25, 0.3) is 0 Å². The van der Waals surface area contributed by atoms with Crippen molar-refractivity contribution in [2.45, 2.75) is 6.92 Å². The molecule has 0 spiro atoms. The molecular formula is C7H16NO3P. The maximum Gasteiger partial charge on any atom is 0.344 e. The molecule has 1 aliphatic rings. The Morgan fingerprint density at radius 2 is 1.92 bits per heavy atom. The van der Waals surface area contributed by atoms with Gasteiger partial charge in [-0.2, -0.15) is 0 Å². The van der Waals surface area contributed by atoms with E-state index in [1.807, 2.05) is 0 Å². The van der Waals surface area contributed by atoms with E-state index in [1.165, 1.54) is 14.2 Å². The van der Waals surface area contributed by atoms with E-state index in [2.05, 4.69) is 11.8 Å². The van der Waals surface area contributed by atoms with E-state index in [-0.39, 0.29) is 0 Å². The first-order valence-electron chi connectivity index (χ1n) is 4.02. The second kappa shape index (κ2) is 3.88. The van der Waals surface area contributed by atoms with Crippen LogP contribution in [0, 0.1) is 5.92 Å². The zero-order valence-corrected chi connectivity index (χ0v) is 8.71. The van der Waals surface area contributed by atoms with Crippen LogP contribution in [-0.4, -0.2) is 38.5 Å². The summed E-state index contributed by atoms with van der Waals surface area (Å²) in [5.41, 5.74) is 0. The lowest BCUT2D eigenvalue weighted by molar-refractivity contribution is 0.122. The Hall–Kier alpha value is 0.110. The Bertz CT molecular complexity index is 183. The fourth-order valence-corrected chi connectivity index (χ4v) is 2.48. The van der Waals surface area contributed by atoms with Crippen LogP contribution >= 0.6 is 7.60 Å². The summed E-state index contributed by atoms with van der Waals surface area (Å²) < 4.78 is 21.2. The van der Waals surface area contributed by atoms with Crippen LogP contribution in [0.5, 0.6) is 0 Å². The smallest absolute Gasteiger partial charge is 0.311 e. The van der Waals surface area contributed by atoms with E-state index < -0.39 is 7.60 Å². The monoisotopic (exact) mass is 193 g/mol. The molecule has 1 rings (SSSR count). The lowest BCUT2D eigenvalue weighted by Crippen LogP contribution is -2.45. The summed E-state index contributed by atoms with van der Waals surface area (Å²) in [6.07, 6.45) is 0.421. The van der Waals surface area contributed by atoms with E-state index in [1.54, 1.807) is 0 Å². The molecule has 0 aromatic heterocycles. The van der Waals surface area contributed by atoms with E-state index in [9.17, 15) is 4.57 Å². The Morgan fingerprint density at radius 1 is 1.42 bits per heavy atom. The fourth-order valence-electron chi connectivity index (χ4n) is 1.38. The molecule has 0 radical (unpaired) electrons. The van der Waals surface area contributed by atoms with Crippen LogP contribution < -0.4 is 0 Å². The molecule has 5 heteroatoms. The van der Waals surface area contributed by atoms with Gasteiger partial charge in [0.15, 0.2) is 0 Å². The molecule has 0 unspecified atom stereocenters. The van der Waals surface area contributed by atoms with Gasteiger partial charge >= 0.3 is 7.60 Å². The molecule has 0 aromatic rings. The number of hydrogen-bond donors (Lipinski definition) is 0. The minimum atomic E-state index is -2.80. The van der Waals surface area contributed by atoms with Gasteiger partial charge in [-0.3, -0.25) is 9.46 Å². The Kier molecular flexibility index (Phi) is 3.29. The average molecular weight is 193 g/mol. The summed E-state index contributed by atoms with van der Waals surface area (Å²) in [4.78, 5) is 2.08. The van der Waals surface area contributed by atoms with Gasteiger partial charge in [0.1, 0.15) is 6.29 Å². The predicted molar refractivity (Wildman–Crippen MR) is 47.2 cm³/mol. The van der Waals surface area contributed by atoms with Crippen LogP contribution in [0.25, 0.3) is 0 Å². The molecule has 12 heavy (non-hydrogen) atoms. The highest BCUT2D eigenvalue weighted by Gasteiger charge is 2.31. The lowest BCUT2D eigenvalue weighted by atomic mass is 10.1. The average Bonchev–Trinajstić information content (AvgIpc) is 2.02. The van der Waals surface area contributed by atoms with Crippen molar-refractivity contribution in [3.05, 3.63) is 0 Å². The van der Waals surface area contributed by atoms with Crippen LogP contribution in [-0.2, 0) is 13.6 Å². The van der Waals surface area contributed by atoms with E-state index in [0.29, 0.717) is 12.2 Å². The van der Waals surface area contributed by atoms with Gasteiger partial charge in [0.2, 0.25) is 0 Å². The number of likely N-dealkylation sites (tertiary alicyclic amines) is 1. The summed E-state index contributed by atoms with van der Waals surface area (Å²) >= 11 is 0. The molecular weight excluding hydrogens is 177 g/mol. The summed E-state index contributed by atoms with van der Waals surface area (Å²) in [6, 6.07) is 0. The molecule has 4 nitrogen and oxygen atoms in total. The SMILES string of the molecule is COP(=O)(CN1CC(C)C1)OC. The molecule has 1 fully saturated rings. The Labute approximate surface area is 73.4 Å². The fraction of sp³-hybridized carbons (Fsp3) is 1.00. The highest BCUT2D eigenvalue weighted by molar-refractivity contribution is 7.53. The quantitative estimate of drug-likeness (QED) is 0.632. The van der Waals surface area contributed by atoms with Crippen molar-refractivity contribution in [2.75, 3.05) is 33.6 Å². The van der Waals surface area contributed by atoms with Crippen molar-refractivity contribution in [2.24, 2.45) is 5.92 Å². The third-order valence-electron chi connectivity index (χ3n) is 2.07. The van der Waals surface area contributed by atoms with Crippen molar-refractivity contribution in [1.82, 2.24) is 4.90 Å². The second-order valence-corrected chi connectivity index (χ2v) is 5.49. The molecule has 1 saturated heterocycles. The molecule has 0 N–H and O–H groups in total. The zero-order valence-electron chi connectivity index (χ0n) is 7.82. The maximum atomic E-state index is 11.6. The van der Waals surface area contributed by atoms with E-state index >= 15 is 0 Å². The maximum absolute atomic E-state index is 11.6. The summed E-state index contributed by atoms with van der Waals surface area (Å²) in [5.74, 6) is 0.715. The predicted octanol–water partition coefficient (Wildman–Crippen LogP) is 1.38. The summed E-state index contributed by atoms with van der Waals surface area (Å²) in [5, 5.41) is 0. The molecule has 0 atom stereocenters. The van der Waals surface area contributed by atoms with Gasteiger partial charge in [-0.1, -0.05) is 6.92 Å². The first kappa shape index (κ1) is 10.2. The third kappa shape index (κ3) is 2.30. The van der Waals surface area contributed by atoms with Crippen molar-refractivity contribution in [1.29, 1.82) is 0 Å². The van der Waals surface area contributed by atoms with Gasteiger partial charge in [-0.15, -0.1) is 0 Å². The summed E-state index contributed by atoms with van der Waals surface area (Å²) in [6.45, 7) is 4.16. The lowest BCUT2D eigenvalue weighted by Gasteiger charge is -2.37. The minimum Gasteiger partial charge on any atom is -0.311 e. The number of nitrogens with zero attached hydrogens (tertiary/aromatic N) is 1. The Morgan fingerprint density at radius 3 is 2.25 bits per heavy atom. The highest BCUT2D eigenvalue weighted by Crippen LogP contribution is 2.47. The van der Waals surface area contributed by atoms with Crippen molar-refractivity contribution >= 4 is 7.60 Å². The first-order chi connectivity index (χ1) is 5.59. The summed E-state index contributed by atoms with van der Waals surface area (Å²) in [7, 11) is 0.0451.